The second-order valence-electron chi connectivity index (χ2n) is 2.86. The predicted octanol–water partition coefficient (Wildman–Crippen LogP) is 1.01. The minimum Gasteiger partial charge on any atom is -0.330 e. The van der Waals surface area contributed by atoms with Crippen LogP contribution in [0.1, 0.15) is 32.1 Å². The lowest BCUT2D eigenvalue weighted by molar-refractivity contribution is 0.594. The first-order valence-electron chi connectivity index (χ1n) is 4.69. The Hall–Kier alpha value is -0.590. The molecular weight excluding hydrogens is 150 g/mol. The van der Waals surface area contributed by atoms with Crippen LogP contribution >= 0.6 is 0 Å². The first kappa shape index (κ1) is 11.4. The number of nitrogens with zero attached hydrogens (tertiary/aromatic N) is 1. The minimum atomic E-state index is 0.614. The highest BCUT2D eigenvalue weighted by Crippen LogP contribution is 1.96. The van der Waals surface area contributed by atoms with Crippen molar-refractivity contribution in [1.82, 2.24) is 5.32 Å². The number of hydrogen-bond acceptors (Lipinski definition) is 3. The van der Waals surface area contributed by atoms with E-state index in [0.717, 1.165) is 26.1 Å². The van der Waals surface area contributed by atoms with Gasteiger partial charge in [0.1, 0.15) is 0 Å². The van der Waals surface area contributed by atoms with Crippen molar-refractivity contribution < 1.29 is 0 Å². The summed E-state index contributed by atoms with van der Waals surface area (Å²) in [6, 6.07) is 2.10. The molecule has 0 unspecified atom stereocenters. The lowest BCUT2D eigenvalue weighted by atomic mass is 10.2. The summed E-state index contributed by atoms with van der Waals surface area (Å²) in [5.74, 6) is 0. The van der Waals surface area contributed by atoms with Gasteiger partial charge < -0.3 is 11.1 Å². The Morgan fingerprint density at radius 2 is 1.83 bits per heavy atom. The standard InChI is InChI=1S/C9H19N3/c10-6-3-1-2-4-8-12-9-5-7-11/h12H,1-6,8-10H2. The Morgan fingerprint density at radius 3 is 2.50 bits per heavy atom. The normalized spacial score (nSPS) is 9.67. The molecule has 0 rings (SSSR count). The van der Waals surface area contributed by atoms with Gasteiger partial charge in [-0.15, -0.1) is 0 Å². The van der Waals surface area contributed by atoms with Crippen molar-refractivity contribution in [1.29, 1.82) is 5.26 Å². The number of nitrogens with two attached hydrogens (primary N) is 1. The van der Waals surface area contributed by atoms with Gasteiger partial charge >= 0.3 is 0 Å². The molecule has 70 valence electrons. The molecule has 0 saturated carbocycles. The molecule has 0 bridgehead atoms. The van der Waals surface area contributed by atoms with Crippen molar-refractivity contribution in [2.45, 2.75) is 32.1 Å². The van der Waals surface area contributed by atoms with Crippen LogP contribution in [0, 0.1) is 11.3 Å². The monoisotopic (exact) mass is 169 g/mol. The van der Waals surface area contributed by atoms with Gasteiger partial charge in [-0.1, -0.05) is 12.8 Å². The summed E-state index contributed by atoms with van der Waals surface area (Å²) in [7, 11) is 0. The van der Waals surface area contributed by atoms with E-state index in [4.69, 9.17) is 11.0 Å². The highest BCUT2D eigenvalue weighted by Gasteiger charge is 1.88. The molecule has 0 aliphatic carbocycles. The van der Waals surface area contributed by atoms with E-state index in [1.165, 1.54) is 19.3 Å². The second-order valence-corrected chi connectivity index (χ2v) is 2.86. The number of hydrogen-bond donors (Lipinski definition) is 2. The molecule has 0 aromatic rings. The molecule has 0 aromatic heterocycles. The van der Waals surface area contributed by atoms with Gasteiger partial charge in [0.2, 0.25) is 0 Å². The van der Waals surface area contributed by atoms with Crippen LogP contribution in [0.25, 0.3) is 0 Å². The average molecular weight is 169 g/mol. The third-order valence-corrected chi connectivity index (χ3v) is 1.72. The van der Waals surface area contributed by atoms with Crippen LogP contribution in [-0.2, 0) is 0 Å². The Balaban J connectivity index is 2.78. The Kier molecular flexibility index (Phi) is 9.90. The van der Waals surface area contributed by atoms with Gasteiger partial charge in [-0.05, 0) is 25.9 Å². The molecule has 12 heavy (non-hydrogen) atoms. The highest BCUT2D eigenvalue weighted by molar-refractivity contribution is 4.69. The Bertz CT molecular complexity index is 117. The van der Waals surface area contributed by atoms with E-state index in [9.17, 15) is 0 Å². The topological polar surface area (TPSA) is 61.8 Å². The van der Waals surface area contributed by atoms with Crippen LogP contribution in [0.15, 0.2) is 0 Å². The SMILES string of the molecule is N#CCCNCCCCCCN. The van der Waals surface area contributed by atoms with Crippen molar-refractivity contribution >= 4 is 0 Å². The maximum absolute atomic E-state index is 8.24. The van der Waals surface area contributed by atoms with E-state index in [2.05, 4.69) is 11.4 Å². The fraction of sp³-hybridized carbons (Fsp3) is 0.889. The molecule has 0 amide bonds. The molecule has 3 nitrogen and oxygen atoms in total. The van der Waals surface area contributed by atoms with E-state index in [1.54, 1.807) is 0 Å². The van der Waals surface area contributed by atoms with Crippen molar-refractivity contribution in [2.24, 2.45) is 5.73 Å². The first-order chi connectivity index (χ1) is 5.91. The Labute approximate surface area is 74.9 Å². The molecule has 0 saturated heterocycles. The Morgan fingerprint density at radius 1 is 1.08 bits per heavy atom. The zero-order valence-electron chi connectivity index (χ0n) is 7.68. The smallest absolute Gasteiger partial charge is 0.0635 e. The van der Waals surface area contributed by atoms with Crippen LogP contribution in [0.4, 0.5) is 0 Å². The lowest BCUT2D eigenvalue weighted by Gasteiger charge is -2.01. The fourth-order valence-electron chi connectivity index (χ4n) is 1.02. The zero-order valence-corrected chi connectivity index (χ0v) is 7.68. The molecule has 0 aliphatic rings. The van der Waals surface area contributed by atoms with Gasteiger partial charge in [0.05, 0.1) is 6.07 Å². The fourth-order valence-corrected chi connectivity index (χ4v) is 1.02. The minimum absolute atomic E-state index is 0.614. The molecule has 0 fully saturated rings. The van der Waals surface area contributed by atoms with Crippen LogP contribution in [0.5, 0.6) is 0 Å². The van der Waals surface area contributed by atoms with Crippen LogP contribution < -0.4 is 11.1 Å². The summed E-state index contributed by atoms with van der Waals surface area (Å²) < 4.78 is 0. The third-order valence-electron chi connectivity index (χ3n) is 1.72. The molecule has 0 radical (unpaired) electrons. The predicted molar refractivity (Wildman–Crippen MR) is 50.6 cm³/mol. The summed E-state index contributed by atoms with van der Waals surface area (Å²) in [6.45, 7) is 2.67. The van der Waals surface area contributed by atoms with Gasteiger partial charge in [-0.2, -0.15) is 5.26 Å². The number of nitrogens with one attached hydrogen (secondary N) is 1. The van der Waals surface area contributed by atoms with Gasteiger partial charge in [0.25, 0.3) is 0 Å². The molecule has 0 atom stereocenters. The summed E-state index contributed by atoms with van der Waals surface area (Å²) in [5.41, 5.74) is 5.36. The molecule has 0 aliphatic heterocycles. The number of nitriles is 1. The van der Waals surface area contributed by atoms with E-state index in [1.807, 2.05) is 0 Å². The summed E-state index contributed by atoms with van der Waals surface area (Å²) in [6.07, 6.45) is 5.43. The highest BCUT2D eigenvalue weighted by atomic mass is 14.8. The van der Waals surface area contributed by atoms with Crippen LogP contribution in [-0.4, -0.2) is 19.6 Å². The van der Waals surface area contributed by atoms with E-state index < -0.39 is 0 Å². The summed E-state index contributed by atoms with van der Waals surface area (Å²) in [5, 5.41) is 11.4. The maximum atomic E-state index is 8.24. The molecule has 0 aromatic carbocycles. The van der Waals surface area contributed by atoms with Gasteiger partial charge in [-0.3, -0.25) is 0 Å². The van der Waals surface area contributed by atoms with Crippen LogP contribution in [0.3, 0.4) is 0 Å². The maximum Gasteiger partial charge on any atom is 0.0635 e. The third kappa shape index (κ3) is 9.41. The quantitative estimate of drug-likeness (QED) is 0.533. The van der Waals surface area contributed by atoms with Crippen molar-refractivity contribution in [3.63, 3.8) is 0 Å². The van der Waals surface area contributed by atoms with Crippen molar-refractivity contribution in [2.75, 3.05) is 19.6 Å². The second kappa shape index (κ2) is 10.4. The number of unbranched alkanes of at least 4 members (excludes halogenated alkanes) is 3. The molecule has 3 N–H and O–H groups in total. The lowest BCUT2D eigenvalue weighted by Crippen LogP contribution is -2.16. The molecular formula is C9H19N3. The zero-order chi connectivity index (χ0) is 9.07. The van der Waals surface area contributed by atoms with E-state index >= 15 is 0 Å². The van der Waals surface area contributed by atoms with Crippen molar-refractivity contribution in [3.05, 3.63) is 0 Å². The van der Waals surface area contributed by atoms with Gasteiger partial charge in [0, 0.05) is 13.0 Å². The van der Waals surface area contributed by atoms with Gasteiger partial charge in [-0.25, -0.2) is 0 Å². The van der Waals surface area contributed by atoms with E-state index in [0.29, 0.717) is 6.42 Å². The average Bonchev–Trinajstić information content (AvgIpc) is 2.10. The first-order valence-corrected chi connectivity index (χ1v) is 4.69. The molecule has 3 heteroatoms. The number of rotatable bonds is 8. The van der Waals surface area contributed by atoms with Crippen molar-refractivity contribution in [3.8, 4) is 6.07 Å². The van der Waals surface area contributed by atoms with E-state index in [-0.39, 0.29) is 0 Å². The molecule has 0 spiro atoms. The summed E-state index contributed by atoms with van der Waals surface area (Å²) >= 11 is 0. The van der Waals surface area contributed by atoms with Crippen LogP contribution in [0.2, 0.25) is 0 Å². The summed E-state index contributed by atoms with van der Waals surface area (Å²) in [4.78, 5) is 0. The molecule has 0 heterocycles. The van der Waals surface area contributed by atoms with Gasteiger partial charge in [0.15, 0.2) is 0 Å². The largest absolute Gasteiger partial charge is 0.330 e.